The van der Waals surface area contributed by atoms with Crippen molar-refractivity contribution in [3.8, 4) is 5.88 Å². The number of rotatable bonds is 5. The Morgan fingerprint density at radius 1 is 1.32 bits per heavy atom. The van der Waals surface area contributed by atoms with Crippen molar-refractivity contribution in [2.24, 2.45) is 11.8 Å². The van der Waals surface area contributed by atoms with Crippen LogP contribution in [0, 0.1) is 18.8 Å². The molecule has 5 heteroatoms. The number of halogens is 1. The minimum Gasteiger partial charge on any atom is -0.481 e. The first-order chi connectivity index (χ1) is 9.26. The standard InChI is InChI=1S/C14H22ClN3O/c1-10-13(17-9-18-14(10)19-2)16-8-12-6-4-3-5-11(12)7-15/h9,11-12H,3-8H2,1-2H3,(H,16,17,18). The fourth-order valence-electron chi connectivity index (χ4n) is 2.80. The quantitative estimate of drug-likeness (QED) is 0.843. The molecule has 1 aliphatic carbocycles. The van der Waals surface area contributed by atoms with Crippen molar-refractivity contribution < 1.29 is 4.74 Å². The van der Waals surface area contributed by atoms with Crippen molar-refractivity contribution in [3.05, 3.63) is 11.9 Å². The van der Waals surface area contributed by atoms with Gasteiger partial charge in [-0.2, -0.15) is 0 Å². The molecule has 0 spiro atoms. The molecule has 1 heterocycles. The molecule has 4 nitrogen and oxygen atoms in total. The van der Waals surface area contributed by atoms with Gasteiger partial charge in [-0.3, -0.25) is 0 Å². The van der Waals surface area contributed by atoms with Gasteiger partial charge in [0.1, 0.15) is 12.1 Å². The first-order valence-corrected chi connectivity index (χ1v) is 7.45. The van der Waals surface area contributed by atoms with Crippen LogP contribution in [-0.2, 0) is 0 Å². The molecule has 0 amide bonds. The van der Waals surface area contributed by atoms with Gasteiger partial charge in [0.15, 0.2) is 0 Å². The van der Waals surface area contributed by atoms with E-state index in [2.05, 4.69) is 15.3 Å². The maximum atomic E-state index is 6.06. The lowest BCUT2D eigenvalue weighted by Gasteiger charge is -2.30. The zero-order valence-corrected chi connectivity index (χ0v) is 12.4. The lowest BCUT2D eigenvalue weighted by Crippen LogP contribution is -2.27. The number of anilines is 1. The maximum Gasteiger partial charge on any atom is 0.221 e. The smallest absolute Gasteiger partial charge is 0.221 e. The average molecular weight is 284 g/mol. The largest absolute Gasteiger partial charge is 0.481 e. The van der Waals surface area contributed by atoms with Crippen LogP contribution in [0.25, 0.3) is 0 Å². The molecule has 1 aliphatic rings. The lowest BCUT2D eigenvalue weighted by molar-refractivity contribution is 0.272. The molecule has 0 aliphatic heterocycles. The summed E-state index contributed by atoms with van der Waals surface area (Å²) in [5.41, 5.74) is 0.961. The van der Waals surface area contributed by atoms with E-state index in [0.717, 1.165) is 23.8 Å². The number of ether oxygens (including phenoxy) is 1. The van der Waals surface area contributed by atoms with E-state index in [1.165, 1.54) is 32.0 Å². The SMILES string of the molecule is COc1ncnc(NCC2CCCCC2CCl)c1C. The highest BCUT2D eigenvalue weighted by Crippen LogP contribution is 2.31. The van der Waals surface area contributed by atoms with Gasteiger partial charge in [0.05, 0.1) is 12.7 Å². The molecular weight excluding hydrogens is 262 g/mol. The number of nitrogens with zero attached hydrogens (tertiary/aromatic N) is 2. The second-order valence-corrected chi connectivity index (χ2v) is 5.50. The molecule has 1 N–H and O–H groups in total. The molecule has 106 valence electrons. The number of methoxy groups -OCH3 is 1. The summed E-state index contributed by atoms with van der Waals surface area (Å²) in [6.07, 6.45) is 6.67. The number of alkyl halides is 1. The molecule has 1 aromatic rings. The van der Waals surface area contributed by atoms with Gasteiger partial charge in [-0.05, 0) is 31.6 Å². The van der Waals surface area contributed by atoms with Crippen LogP contribution < -0.4 is 10.1 Å². The highest BCUT2D eigenvalue weighted by Gasteiger charge is 2.24. The van der Waals surface area contributed by atoms with Crippen molar-refractivity contribution in [2.75, 3.05) is 24.9 Å². The fourth-order valence-corrected chi connectivity index (χ4v) is 3.21. The Labute approximate surface area is 119 Å². The third kappa shape index (κ3) is 3.50. The number of hydrogen-bond acceptors (Lipinski definition) is 4. The second kappa shape index (κ2) is 6.94. The Kier molecular flexibility index (Phi) is 5.25. The molecule has 1 aromatic heterocycles. The molecule has 2 unspecified atom stereocenters. The summed E-state index contributed by atoms with van der Waals surface area (Å²) in [7, 11) is 1.63. The van der Waals surface area contributed by atoms with Gasteiger partial charge in [-0.1, -0.05) is 12.8 Å². The Bertz CT molecular complexity index is 414. The van der Waals surface area contributed by atoms with Crippen LogP contribution in [0.5, 0.6) is 5.88 Å². The maximum absolute atomic E-state index is 6.06. The van der Waals surface area contributed by atoms with Gasteiger partial charge < -0.3 is 10.1 Å². The average Bonchev–Trinajstić information content (AvgIpc) is 2.46. The Morgan fingerprint density at radius 2 is 2.05 bits per heavy atom. The first-order valence-electron chi connectivity index (χ1n) is 6.91. The molecule has 1 saturated carbocycles. The molecule has 2 atom stereocenters. The van der Waals surface area contributed by atoms with E-state index in [-0.39, 0.29) is 0 Å². The Morgan fingerprint density at radius 3 is 2.74 bits per heavy atom. The summed E-state index contributed by atoms with van der Waals surface area (Å²) >= 11 is 6.06. The summed E-state index contributed by atoms with van der Waals surface area (Å²) in [4.78, 5) is 8.38. The van der Waals surface area contributed by atoms with Crippen LogP contribution in [-0.4, -0.2) is 29.5 Å². The minimum absolute atomic E-state index is 0.631. The summed E-state index contributed by atoms with van der Waals surface area (Å²) in [6, 6.07) is 0. The molecule has 0 saturated heterocycles. The van der Waals surface area contributed by atoms with E-state index < -0.39 is 0 Å². The molecule has 0 bridgehead atoms. The lowest BCUT2D eigenvalue weighted by atomic mass is 9.80. The predicted octanol–water partition coefficient (Wildman–Crippen LogP) is 3.25. The van der Waals surface area contributed by atoms with Gasteiger partial charge in [-0.15, -0.1) is 11.6 Å². The van der Waals surface area contributed by atoms with Gasteiger partial charge in [0, 0.05) is 12.4 Å². The Balaban J connectivity index is 1.98. The van der Waals surface area contributed by atoms with Gasteiger partial charge in [0.2, 0.25) is 5.88 Å². The summed E-state index contributed by atoms with van der Waals surface area (Å²) in [5, 5.41) is 3.43. The van der Waals surface area contributed by atoms with E-state index in [4.69, 9.17) is 16.3 Å². The zero-order valence-electron chi connectivity index (χ0n) is 11.7. The zero-order chi connectivity index (χ0) is 13.7. The van der Waals surface area contributed by atoms with Crippen LogP contribution >= 0.6 is 11.6 Å². The highest BCUT2D eigenvalue weighted by molar-refractivity contribution is 6.18. The van der Waals surface area contributed by atoms with Crippen molar-refractivity contribution in [2.45, 2.75) is 32.6 Å². The van der Waals surface area contributed by atoms with Gasteiger partial charge in [-0.25, -0.2) is 9.97 Å². The third-order valence-electron chi connectivity index (χ3n) is 4.03. The van der Waals surface area contributed by atoms with Gasteiger partial charge >= 0.3 is 0 Å². The summed E-state index contributed by atoms with van der Waals surface area (Å²) in [5.74, 6) is 3.54. The molecule has 19 heavy (non-hydrogen) atoms. The highest BCUT2D eigenvalue weighted by atomic mass is 35.5. The topological polar surface area (TPSA) is 47.0 Å². The van der Waals surface area contributed by atoms with Gasteiger partial charge in [0.25, 0.3) is 0 Å². The molecule has 0 radical (unpaired) electrons. The Hall–Kier alpha value is -1.03. The van der Waals surface area contributed by atoms with Crippen LogP contribution in [0.4, 0.5) is 5.82 Å². The van der Waals surface area contributed by atoms with Crippen molar-refractivity contribution >= 4 is 17.4 Å². The van der Waals surface area contributed by atoms with E-state index in [1.807, 2.05) is 6.92 Å². The third-order valence-corrected chi connectivity index (χ3v) is 4.42. The van der Waals surface area contributed by atoms with Crippen LogP contribution in [0.1, 0.15) is 31.2 Å². The monoisotopic (exact) mass is 283 g/mol. The van der Waals surface area contributed by atoms with E-state index in [1.54, 1.807) is 7.11 Å². The molecule has 2 rings (SSSR count). The van der Waals surface area contributed by atoms with E-state index >= 15 is 0 Å². The molecular formula is C14H22ClN3O. The van der Waals surface area contributed by atoms with Crippen molar-refractivity contribution in [3.63, 3.8) is 0 Å². The predicted molar refractivity (Wildman–Crippen MR) is 78.0 cm³/mol. The van der Waals surface area contributed by atoms with Crippen molar-refractivity contribution in [1.82, 2.24) is 9.97 Å². The second-order valence-electron chi connectivity index (χ2n) is 5.20. The van der Waals surface area contributed by atoms with Crippen LogP contribution in [0.2, 0.25) is 0 Å². The molecule has 0 aromatic carbocycles. The fraction of sp³-hybridized carbons (Fsp3) is 0.714. The summed E-state index contributed by atoms with van der Waals surface area (Å²) < 4.78 is 5.21. The number of nitrogens with one attached hydrogen (secondary N) is 1. The minimum atomic E-state index is 0.631. The number of hydrogen-bond donors (Lipinski definition) is 1. The van der Waals surface area contributed by atoms with Crippen molar-refractivity contribution in [1.29, 1.82) is 0 Å². The van der Waals surface area contributed by atoms with Crippen LogP contribution in [0.15, 0.2) is 6.33 Å². The van der Waals surface area contributed by atoms with Crippen LogP contribution in [0.3, 0.4) is 0 Å². The normalized spacial score (nSPS) is 23.1. The van der Waals surface area contributed by atoms with E-state index in [9.17, 15) is 0 Å². The number of aromatic nitrogens is 2. The molecule has 1 fully saturated rings. The van der Waals surface area contributed by atoms with E-state index in [0.29, 0.717) is 17.7 Å². The first kappa shape index (κ1) is 14.4. The summed E-state index contributed by atoms with van der Waals surface area (Å²) in [6.45, 7) is 2.90.